The minimum atomic E-state index is -4.02. The molecular formula is C17H20F2N4O2S. The smallest absolute Gasteiger partial charge is 0.243 e. The molecule has 2 aliphatic heterocycles. The maximum atomic E-state index is 13.5. The molecule has 6 nitrogen and oxygen atoms in total. The third-order valence-electron chi connectivity index (χ3n) is 5.08. The lowest BCUT2D eigenvalue weighted by Crippen LogP contribution is -2.32. The van der Waals surface area contributed by atoms with Gasteiger partial charge in [-0.25, -0.2) is 17.2 Å². The first-order chi connectivity index (χ1) is 12.5. The molecule has 0 N–H and O–H groups in total. The van der Waals surface area contributed by atoms with Crippen molar-refractivity contribution in [2.45, 2.75) is 56.0 Å². The molecule has 1 atom stereocenters. The van der Waals surface area contributed by atoms with Gasteiger partial charge in [0.15, 0.2) is 5.82 Å². The fourth-order valence-electron chi connectivity index (χ4n) is 3.85. The van der Waals surface area contributed by atoms with E-state index in [1.807, 2.05) is 4.57 Å². The van der Waals surface area contributed by atoms with Crippen molar-refractivity contribution in [2.75, 3.05) is 6.54 Å². The maximum Gasteiger partial charge on any atom is 0.243 e. The molecule has 3 heterocycles. The summed E-state index contributed by atoms with van der Waals surface area (Å²) >= 11 is 0. The number of hydrogen-bond acceptors (Lipinski definition) is 4. The molecule has 0 bridgehead atoms. The Morgan fingerprint density at radius 3 is 2.50 bits per heavy atom. The highest BCUT2D eigenvalue weighted by Gasteiger charge is 2.39. The summed E-state index contributed by atoms with van der Waals surface area (Å²) < 4.78 is 56.4. The van der Waals surface area contributed by atoms with Crippen LogP contribution in [0, 0.1) is 11.6 Å². The third kappa shape index (κ3) is 3.03. The predicted molar refractivity (Wildman–Crippen MR) is 89.8 cm³/mol. The highest BCUT2D eigenvalue weighted by atomic mass is 32.2. The molecular weight excluding hydrogens is 362 g/mol. The summed E-state index contributed by atoms with van der Waals surface area (Å²) in [6.45, 7) is 1.07. The number of benzene rings is 1. The number of fused-ring (bicyclic) bond motifs is 1. The zero-order chi connectivity index (χ0) is 18.3. The lowest BCUT2D eigenvalue weighted by molar-refractivity contribution is 0.370. The molecule has 140 valence electrons. The number of hydrogen-bond donors (Lipinski definition) is 0. The Balaban J connectivity index is 1.72. The van der Waals surface area contributed by atoms with E-state index in [1.165, 1.54) is 4.31 Å². The Morgan fingerprint density at radius 1 is 0.962 bits per heavy atom. The van der Waals surface area contributed by atoms with Gasteiger partial charge in [-0.05, 0) is 37.8 Å². The fourth-order valence-corrected chi connectivity index (χ4v) is 5.55. The van der Waals surface area contributed by atoms with Crippen molar-refractivity contribution in [1.82, 2.24) is 19.1 Å². The number of sulfonamides is 1. The van der Waals surface area contributed by atoms with Crippen LogP contribution in [0.1, 0.15) is 49.8 Å². The minimum Gasteiger partial charge on any atom is -0.314 e. The van der Waals surface area contributed by atoms with E-state index in [9.17, 15) is 17.2 Å². The molecule has 0 saturated carbocycles. The van der Waals surface area contributed by atoms with E-state index < -0.39 is 27.7 Å². The number of rotatable bonds is 3. The molecule has 1 aromatic heterocycles. The van der Waals surface area contributed by atoms with Gasteiger partial charge in [0.05, 0.1) is 10.9 Å². The van der Waals surface area contributed by atoms with Crippen LogP contribution in [-0.4, -0.2) is 34.0 Å². The van der Waals surface area contributed by atoms with Crippen LogP contribution >= 0.6 is 0 Å². The number of nitrogens with zero attached hydrogens (tertiary/aromatic N) is 4. The molecule has 26 heavy (non-hydrogen) atoms. The van der Waals surface area contributed by atoms with Crippen LogP contribution in [-0.2, 0) is 23.0 Å². The van der Waals surface area contributed by atoms with Crippen molar-refractivity contribution in [1.29, 1.82) is 0 Å². The summed E-state index contributed by atoms with van der Waals surface area (Å²) in [6, 6.07) is 1.93. The molecule has 0 radical (unpaired) electrons. The van der Waals surface area contributed by atoms with Crippen LogP contribution in [0.15, 0.2) is 23.1 Å². The molecule has 0 spiro atoms. The van der Waals surface area contributed by atoms with Crippen LogP contribution in [0.25, 0.3) is 0 Å². The number of halogens is 2. The monoisotopic (exact) mass is 382 g/mol. The Labute approximate surface area is 150 Å². The third-order valence-corrected chi connectivity index (χ3v) is 6.97. The number of aromatic nitrogens is 3. The molecule has 1 saturated heterocycles. The van der Waals surface area contributed by atoms with Gasteiger partial charge in [0, 0.05) is 25.6 Å². The van der Waals surface area contributed by atoms with Gasteiger partial charge in [-0.2, -0.15) is 4.31 Å². The highest BCUT2D eigenvalue weighted by molar-refractivity contribution is 7.89. The van der Waals surface area contributed by atoms with E-state index in [0.29, 0.717) is 31.3 Å². The van der Waals surface area contributed by atoms with Crippen LogP contribution in [0.4, 0.5) is 8.78 Å². The Hall–Kier alpha value is -1.87. The maximum absolute atomic E-state index is 13.5. The molecule has 1 unspecified atom stereocenters. The summed E-state index contributed by atoms with van der Waals surface area (Å²) in [5, 5.41) is 8.52. The minimum absolute atomic E-state index is 0.299. The standard InChI is InChI=1S/C17H20F2N4O2S/c18-12-9-13(19)11-14(10-12)26(24,25)23-8-4-5-15(23)17-21-20-16-6-2-1-3-7-22(16)17/h9-11,15H,1-8H2. The second-order valence-electron chi connectivity index (χ2n) is 6.82. The molecule has 4 rings (SSSR count). The quantitative estimate of drug-likeness (QED) is 0.819. The second-order valence-corrected chi connectivity index (χ2v) is 8.71. The lowest BCUT2D eigenvalue weighted by Gasteiger charge is -2.24. The van der Waals surface area contributed by atoms with E-state index in [4.69, 9.17) is 0 Å². The zero-order valence-corrected chi connectivity index (χ0v) is 15.1. The summed E-state index contributed by atoms with van der Waals surface area (Å²) in [4.78, 5) is -0.363. The first-order valence-corrected chi connectivity index (χ1v) is 10.3. The van der Waals surface area contributed by atoms with E-state index in [0.717, 1.165) is 50.2 Å². The van der Waals surface area contributed by atoms with Crippen molar-refractivity contribution in [3.8, 4) is 0 Å². The Kier molecular flexibility index (Phi) is 4.52. The molecule has 2 aromatic rings. The van der Waals surface area contributed by atoms with Crippen molar-refractivity contribution in [2.24, 2.45) is 0 Å². The van der Waals surface area contributed by atoms with Crippen molar-refractivity contribution >= 4 is 10.0 Å². The second kappa shape index (κ2) is 6.70. The first-order valence-electron chi connectivity index (χ1n) is 8.87. The predicted octanol–water partition coefficient (Wildman–Crippen LogP) is 2.81. The van der Waals surface area contributed by atoms with Gasteiger partial charge in [0.2, 0.25) is 10.0 Å². The molecule has 1 fully saturated rings. The van der Waals surface area contributed by atoms with Gasteiger partial charge >= 0.3 is 0 Å². The van der Waals surface area contributed by atoms with E-state index in [-0.39, 0.29) is 4.90 Å². The molecule has 0 aliphatic carbocycles. The Bertz CT molecular complexity index is 909. The average Bonchev–Trinajstić information content (AvgIpc) is 3.15. The van der Waals surface area contributed by atoms with Gasteiger partial charge in [0.25, 0.3) is 0 Å². The summed E-state index contributed by atoms with van der Waals surface area (Å²) in [5.41, 5.74) is 0. The zero-order valence-electron chi connectivity index (χ0n) is 14.2. The summed E-state index contributed by atoms with van der Waals surface area (Å²) in [6.07, 6.45) is 5.29. The SMILES string of the molecule is O=S(=O)(c1cc(F)cc(F)c1)N1CCCC1c1nnc2n1CCCCC2. The van der Waals surface area contributed by atoms with Gasteiger partial charge in [0.1, 0.15) is 17.5 Å². The molecule has 9 heteroatoms. The van der Waals surface area contributed by atoms with Crippen LogP contribution < -0.4 is 0 Å². The van der Waals surface area contributed by atoms with Crippen molar-refractivity contribution in [3.63, 3.8) is 0 Å². The summed E-state index contributed by atoms with van der Waals surface area (Å²) in [7, 11) is -4.02. The van der Waals surface area contributed by atoms with Gasteiger partial charge in [-0.1, -0.05) is 6.42 Å². The van der Waals surface area contributed by atoms with Gasteiger partial charge in [-0.3, -0.25) is 0 Å². The molecule has 0 amide bonds. The fraction of sp³-hybridized carbons (Fsp3) is 0.529. The van der Waals surface area contributed by atoms with Crippen molar-refractivity contribution in [3.05, 3.63) is 41.5 Å². The van der Waals surface area contributed by atoms with Crippen molar-refractivity contribution < 1.29 is 17.2 Å². The topological polar surface area (TPSA) is 68.1 Å². The average molecular weight is 382 g/mol. The molecule has 1 aromatic carbocycles. The van der Waals surface area contributed by atoms with Crippen LogP contribution in [0.5, 0.6) is 0 Å². The van der Waals surface area contributed by atoms with Gasteiger partial charge in [-0.15, -0.1) is 10.2 Å². The lowest BCUT2D eigenvalue weighted by atomic mass is 10.2. The highest BCUT2D eigenvalue weighted by Crippen LogP contribution is 2.36. The summed E-state index contributed by atoms with van der Waals surface area (Å²) in [5.74, 6) is -0.287. The molecule has 2 aliphatic rings. The Morgan fingerprint density at radius 2 is 1.73 bits per heavy atom. The van der Waals surface area contributed by atoms with E-state index in [1.54, 1.807) is 0 Å². The van der Waals surface area contributed by atoms with E-state index >= 15 is 0 Å². The van der Waals surface area contributed by atoms with Crippen LogP contribution in [0.3, 0.4) is 0 Å². The van der Waals surface area contributed by atoms with Crippen LogP contribution in [0.2, 0.25) is 0 Å². The normalized spacial score (nSPS) is 21.5. The largest absolute Gasteiger partial charge is 0.314 e. The number of aryl methyl sites for hydroxylation is 1. The first kappa shape index (κ1) is 17.5. The van der Waals surface area contributed by atoms with Gasteiger partial charge < -0.3 is 4.57 Å². The van der Waals surface area contributed by atoms with E-state index in [2.05, 4.69) is 10.2 Å².